The molecule has 0 aromatic rings. The van der Waals surface area contributed by atoms with Crippen molar-refractivity contribution >= 4 is 76.6 Å². The lowest BCUT2D eigenvalue weighted by molar-refractivity contribution is -0.184. The van der Waals surface area contributed by atoms with Crippen molar-refractivity contribution in [1.29, 1.82) is 0 Å². The van der Waals surface area contributed by atoms with E-state index in [4.69, 9.17) is 16.3 Å². The number of carbonyl (C=O) groups is 11. The van der Waals surface area contributed by atoms with Gasteiger partial charge in [0.1, 0.15) is 41.8 Å². The van der Waals surface area contributed by atoms with Gasteiger partial charge in [-0.1, -0.05) is 59.8 Å². The van der Waals surface area contributed by atoms with E-state index in [0.717, 1.165) is 32.4 Å². The first-order valence-electron chi connectivity index (χ1n) is 36.2. The van der Waals surface area contributed by atoms with Crippen LogP contribution in [0.5, 0.6) is 0 Å². The Kier molecular flexibility index (Phi) is 29.8. The Labute approximate surface area is 591 Å². The summed E-state index contributed by atoms with van der Waals surface area (Å²) in [4.78, 5) is 173. The fraction of sp³-hybridized carbons (Fsp3) is 0.843. The zero-order valence-electron chi connectivity index (χ0n) is 61.0. The van der Waals surface area contributed by atoms with Gasteiger partial charge in [-0.15, -0.1) is 11.6 Å². The van der Waals surface area contributed by atoms with Gasteiger partial charge in [0.2, 0.25) is 65.0 Å². The maximum atomic E-state index is 15.5. The number of alkyl halides is 7. The number of hydrogen-bond acceptors (Lipinski definition) is 12. The molecule has 0 aromatic carbocycles. The van der Waals surface area contributed by atoms with Gasteiger partial charge in [-0.2, -0.15) is 26.3 Å². The van der Waals surface area contributed by atoms with Crippen LogP contribution in [0.4, 0.5) is 26.3 Å². The van der Waals surface area contributed by atoms with E-state index in [1.807, 2.05) is 20.8 Å². The number of hydrogen-bond donors (Lipinski definition) is 3. The summed E-state index contributed by atoms with van der Waals surface area (Å²) in [7, 11) is 9.75. The molecule has 12 atom stereocenters. The second-order valence-electron chi connectivity index (χ2n) is 30.2. The van der Waals surface area contributed by atoms with Crippen molar-refractivity contribution < 1.29 is 83.8 Å². The molecule has 568 valence electrons. The highest BCUT2D eigenvalue weighted by atomic mass is 35.5. The van der Waals surface area contributed by atoms with Crippen molar-refractivity contribution in [2.24, 2.45) is 41.4 Å². The molecule has 4 aliphatic carbocycles. The van der Waals surface area contributed by atoms with Crippen LogP contribution in [0, 0.1) is 41.4 Å². The average Bonchev–Trinajstić information content (AvgIpc) is 1.54. The molecule has 2 aliphatic heterocycles. The third-order valence-electron chi connectivity index (χ3n) is 22.5. The molecule has 3 unspecified atom stereocenters. The molecule has 11 amide bonds. The van der Waals surface area contributed by atoms with Crippen molar-refractivity contribution in [2.45, 2.75) is 254 Å². The number of nitrogens with one attached hydrogen (secondary N) is 3. The number of nitrogens with zero attached hydrogens (tertiary/aromatic N) is 8. The van der Waals surface area contributed by atoms with E-state index in [1.165, 1.54) is 61.9 Å². The first-order chi connectivity index (χ1) is 46.7. The molecule has 2 heterocycles. The Morgan fingerprint density at radius 3 is 1.76 bits per heavy atom. The number of likely N-dealkylation sites (N-methyl/N-ethyl adjacent to an activating group) is 7. The smallest absolute Gasteiger partial charge is 0.377 e. The molecule has 6 fully saturated rings. The number of rotatable bonds is 12. The van der Waals surface area contributed by atoms with Gasteiger partial charge in [0.25, 0.3) is 0 Å². The fourth-order valence-corrected chi connectivity index (χ4v) is 16.4. The third kappa shape index (κ3) is 21.1. The lowest BCUT2D eigenvalue weighted by Crippen LogP contribution is -2.64. The van der Waals surface area contributed by atoms with Crippen LogP contribution in [0.3, 0.4) is 0 Å². The minimum atomic E-state index is -4.55. The number of ether oxygens (including phenoxy) is 1. The molecule has 6 aliphatic rings. The highest BCUT2D eigenvalue weighted by Crippen LogP contribution is 2.45. The number of carbonyl (C=O) groups excluding carboxylic acids is 11. The van der Waals surface area contributed by atoms with Gasteiger partial charge in [-0.25, -0.2) is 0 Å². The molecule has 30 heteroatoms. The molecule has 2 saturated heterocycles. The van der Waals surface area contributed by atoms with Crippen LogP contribution in [-0.2, 0) is 57.5 Å². The molecule has 23 nitrogen and oxygen atoms in total. The van der Waals surface area contributed by atoms with Gasteiger partial charge in [-0.3, -0.25) is 52.7 Å². The largest absolute Gasteiger partial charge is 0.393 e. The molecule has 0 radical (unpaired) electrons. The number of halogens is 7. The van der Waals surface area contributed by atoms with Crippen LogP contribution in [0.1, 0.15) is 183 Å². The monoisotopic (exact) mass is 1450 g/mol. The summed E-state index contributed by atoms with van der Waals surface area (Å²) in [5, 5.41) is 7.41. The SMILES string of the molecule is CCO[C@@H]1C[C@H]2C(=O)NC3(CCCC3)C(=O)N(C)[C@@H](C3CCCC3)C(=O)N(C)[C@H](C)CC(=O)N(C)[C@@H](CC(C)C)C(=O)N[C@@H]([C@@H](C)CC)C(=O)N(C)CC(=O)N(C)CC(=O)N(C)[C@@H](CC3CCC(C(F)(F)F)CC3)C(=O)N(C)CC(=O)N[C@@H](CCC3CCC(C(F)(F)F)C(Cl)C3)C(=O)N2C1. The molecule has 6 rings (SSSR count). The van der Waals surface area contributed by atoms with Crippen LogP contribution in [0.2, 0.25) is 0 Å². The first kappa shape index (κ1) is 83.0. The zero-order valence-corrected chi connectivity index (χ0v) is 61.7. The second-order valence-corrected chi connectivity index (χ2v) is 30.8. The highest BCUT2D eigenvalue weighted by Gasteiger charge is 2.53. The van der Waals surface area contributed by atoms with Gasteiger partial charge < -0.3 is 59.9 Å². The molecule has 0 bridgehead atoms. The van der Waals surface area contributed by atoms with E-state index in [-0.39, 0.29) is 121 Å². The quantitative estimate of drug-likeness (QED) is 0.133. The van der Waals surface area contributed by atoms with Crippen molar-refractivity contribution in [3.8, 4) is 0 Å². The molecule has 3 N–H and O–H groups in total. The van der Waals surface area contributed by atoms with Crippen LogP contribution in [-0.4, -0.2) is 258 Å². The standard InChI is InChI=1S/C70H112ClF6N11O12/c1-14-42(5)59-65(97)83(9)39-57(91)81(7)40-58(92)86(12)54(35-45-22-26-47(27-23-45)69(72,73)74)64(96)82(8)38-55(89)78-51(29-25-44-24-28-49(50(71)34-44)70(75,76)77)63(95)88-37-48(100-15-2)36-53(88)62(94)80-68(30-18-19-31-68)67(99)87(13)60(46-20-16-17-21-46)66(98)84(10)43(6)33-56(90)85(11)52(32-41(3)4)61(93)79-59/h41-54,59-60H,14-40H2,1-13H3,(H,78,89)(H,79,93)(H,80,94)/t42-,43+,44?,45?,47?,48+,49?,50?,51-,52-,53-,54-,59-,60-/m0/s1. The minimum absolute atomic E-state index is 0.0450. The summed E-state index contributed by atoms with van der Waals surface area (Å²) in [5.41, 5.74) is -1.56. The molecule has 4 saturated carbocycles. The van der Waals surface area contributed by atoms with E-state index >= 15 is 19.2 Å². The fourth-order valence-electron chi connectivity index (χ4n) is 15.9. The van der Waals surface area contributed by atoms with Crippen molar-refractivity contribution in [3.63, 3.8) is 0 Å². The normalized spacial score (nSPS) is 31.3. The van der Waals surface area contributed by atoms with Gasteiger partial charge in [0.05, 0.1) is 37.6 Å². The van der Waals surface area contributed by atoms with Gasteiger partial charge in [-0.05, 0) is 140 Å². The maximum Gasteiger partial charge on any atom is 0.393 e. The summed E-state index contributed by atoms with van der Waals surface area (Å²) in [6, 6.07) is -8.32. The average molecular weight is 1450 g/mol. The van der Waals surface area contributed by atoms with Crippen LogP contribution in [0.25, 0.3) is 0 Å². The van der Waals surface area contributed by atoms with Crippen LogP contribution >= 0.6 is 11.6 Å². The van der Waals surface area contributed by atoms with E-state index in [0.29, 0.717) is 32.1 Å². The Morgan fingerprint density at radius 2 is 1.19 bits per heavy atom. The number of amides is 11. The van der Waals surface area contributed by atoms with E-state index in [1.54, 1.807) is 27.8 Å². The summed E-state index contributed by atoms with van der Waals surface area (Å²) in [6.45, 7) is 8.72. The Morgan fingerprint density at radius 1 is 0.600 bits per heavy atom. The Bertz CT molecular complexity index is 2870. The maximum absolute atomic E-state index is 15.5. The Hall–Kier alpha value is -6.00. The summed E-state index contributed by atoms with van der Waals surface area (Å²) in [5.74, 6) is -12.7. The molecule has 100 heavy (non-hydrogen) atoms. The van der Waals surface area contributed by atoms with E-state index < -0.39 is 186 Å². The molecular weight excluding hydrogens is 1340 g/mol. The first-order valence-corrected chi connectivity index (χ1v) is 36.6. The van der Waals surface area contributed by atoms with E-state index in [9.17, 15) is 59.9 Å². The van der Waals surface area contributed by atoms with E-state index in [2.05, 4.69) is 16.0 Å². The van der Waals surface area contributed by atoms with Crippen molar-refractivity contribution in [3.05, 3.63) is 0 Å². The van der Waals surface area contributed by atoms with Crippen LogP contribution < -0.4 is 16.0 Å². The zero-order chi connectivity index (χ0) is 74.6. The second kappa shape index (κ2) is 35.9. The summed E-state index contributed by atoms with van der Waals surface area (Å²) < 4.78 is 90.0. The third-order valence-corrected chi connectivity index (χ3v) is 23.0. The number of fused-ring (bicyclic) bond motifs is 1. The molecule has 0 aromatic heterocycles. The molecular formula is C70H112ClF6N11O12. The minimum Gasteiger partial charge on any atom is -0.377 e. The topological polar surface area (TPSA) is 259 Å². The van der Waals surface area contributed by atoms with Gasteiger partial charge in [0, 0.05) is 86.7 Å². The highest BCUT2D eigenvalue weighted by molar-refractivity contribution is 6.20. The van der Waals surface area contributed by atoms with Gasteiger partial charge >= 0.3 is 12.4 Å². The summed E-state index contributed by atoms with van der Waals surface area (Å²) >= 11 is 6.39. The van der Waals surface area contributed by atoms with Crippen molar-refractivity contribution in [2.75, 3.05) is 82.1 Å². The van der Waals surface area contributed by atoms with Gasteiger partial charge in [0.15, 0.2) is 0 Å². The van der Waals surface area contributed by atoms with Crippen LogP contribution in [0.15, 0.2) is 0 Å². The predicted octanol–water partition coefficient (Wildman–Crippen LogP) is 6.91. The van der Waals surface area contributed by atoms with Crippen molar-refractivity contribution in [1.82, 2.24) is 55.1 Å². The summed E-state index contributed by atoms with van der Waals surface area (Å²) in [6.07, 6.45) is -6.17. The lowest BCUT2D eigenvalue weighted by Gasteiger charge is -2.41. The molecule has 1 spiro atoms. The lowest BCUT2D eigenvalue weighted by atomic mass is 9.78. The Balaban J connectivity index is 1.41. The predicted molar refractivity (Wildman–Crippen MR) is 361 cm³/mol.